The van der Waals surface area contributed by atoms with Gasteiger partial charge in [-0.25, -0.2) is 9.59 Å². The summed E-state index contributed by atoms with van der Waals surface area (Å²) in [6.07, 6.45) is -2.71. The maximum absolute atomic E-state index is 12.2. The van der Waals surface area contributed by atoms with E-state index in [0.29, 0.717) is 0 Å². The van der Waals surface area contributed by atoms with Gasteiger partial charge in [-0.3, -0.25) is 0 Å². The van der Waals surface area contributed by atoms with Crippen molar-refractivity contribution in [2.75, 3.05) is 13.2 Å². The Bertz CT molecular complexity index is 615. The van der Waals surface area contributed by atoms with Crippen molar-refractivity contribution in [1.82, 2.24) is 0 Å². The number of aromatic carboxylic acids is 1. The molecule has 118 valence electrons. The minimum Gasteiger partial charge on any atom is -0.478 e. The van der Waals surface area contributed by atoms with E-state index < -0.39 is 36.0 Å². The highest BCUT2D eigenvalue weighted by Gasteiger charge is 2.58. The molecule has 0 aliphatic carbocycles. The van der Waals surface area contributed by atoms with Crippen LogP contribution in [0.25, 0.3) is 0 Å². The lowest BCUT2D eigenvalue weighted by Crippen LogP contribution is -2.47. The average molecular weight is 310 g/mol. The highest BCUT2D eigenvalue weighted by atomic mass is 16.7. The molecular weight excluding hydrogens is 296 g/mol. The number of hydrogen-bond acceptors (Lipinski definition) is 7. The predicted molar refractivity (Wildman–Crippen MR) is 69.3 cm³/mol. The molecule has 2 aliphatic heterocycles. The van der Waals surface area contributed by atoms with E-state index in [0.717, 1.165) is 0 Å². The third-order valence-corrected chi connectivity index (χ3v) is 3.70. The number of ether oxygens (including phenoxy) is 3. The average Bonchev–Trinajstić information content (AvgIpc) is 3.01. The van der Waals surface area contributed by atoms with Gasteiger partial charge in [0, 0.05) is 0 Å². The van der Waals surface area contributed by atoms with Crippen molar-refractivity contribution in [1.29, 1.82) is 0 Å². The molecule has 0 unspecified atom stereocenters. The lowest BCUT2D eigenvalue weighted by molar-refractivity contribution is -0.211. The maximum atomic E-state index is 12.2. The van der Waals surface area contributed by atoms with Gasteiger partial charge in [-0.15, -0.1) is 0 Å². The van der Waals surface area contributed by atoms with Crippen LogP contribution in [-0.2, 0) is 14.2 Å². The van der Waals surface area contributed by atoms with Crippen LogP contribution in [0.3, 0.4) is 0 Å². The van der Waals surface area contributed by atoms with Crippen LogP contribution in [0, 0.1) is 0 Å². The summed E-state index contributed by atoms with van der Waals surface area (Å²) in [7, 11) is 0. The standard InChI is InChI=1S/C14H14O8/c15-9-5-20-11-10(9)21-6-14(11,19)22-13(18)8-4-2-1-3-7(8)12(16)17/h1-4,9-11,15,19H,5-6H2,(H,16,17)/t9-,10-,11+,14+/m1/s1. The molecule has 3 N–H and O–H groups in total. The number of carbonyl (C=O) groups is 2. The Balaban J connectivity index is 1.82. The molecule has 0 amide bonds. The monoisotopic (exact) mass is 310 g/mol. The number of carbonyl (C=O) groups excluding carboxylic acids is 1. The fourth-order valence-corrected chi connectivity index (χ4v) is 2.63. The molecule has 8 heteroatoms. The molecule has 22 heavy (non-hydrogen) atoms. The fourth-order valence-electron chi connectivity index (χ4n) is 2.63. The van der Waals surface area contributed by atoms with Gasteiger partial charge in [-0.2, -0.15) is 0 Å². The Hall–Kier alpha value is -2.00. The van der Waals surface area contributed by atoms with Crippen LogP contribution in [0.4, 0.5) is 0 Å². The second-order valence-corrected chi connectivity index (χ2v) is 5.18. The zero-order valence-electron chi connectivity index (χ0n) is 11.3. The van der Waals surface area contributed by atoms with E-state index in [9.17, 15) is 19.8 Å². The molecule has 2 aliphatic rings. The van der Waals surface area contributed by atoms with Crippen molar-refractivity contribution >= 4 is 11.9 Å². The van der Waals surface area contributed by atoms with E-state index in [2.05, 4.69) is 0 Å². The molecule has 0 saturated carbocycles. The van der Waals surface area contributed by atoms with Crippen LogP contribution in [0.5, 0.6) is 0 Å². The van der Waals surface area contributed by atoms with Gasteiger partial charge in [0.2, 0.25) is 0 Å². The van der Waals surface area contributed by atoms with E-state index in [-0.39, 0.29) is 24.3 Å². The van der Waals surface area contributed by atoms with E-state index in [1.807, 2.05) is 0 Å². The van der Waals surface area contributed by atoms with Gasteiger partial charge in [0.25, 0.3) is 5.79 Å². The first-order valence-corrected chi connectivity index (χ1v) is 6.62. The van der Waals surface area contributed by atoms with E-state index in [1.54, 1.807) is 0 Å². The normalized spacial score (nSPS) is 33.5. The Morgan fingerprint density at radius 2 is 1.91 bits per heavy atom. The number of carboxylic acid groups (broad SMARTS) is 1. The summed E-state index contributed by atoms with van der Waals surface area (Å²) in [6.45, 7) is -0.402. The number of fused-ring (bicyclic) bond motifs is 1. The SMILES string of the molecule is O=C(O)c1ccccc1C(=O)O[C@@]1(O)CO[C@@H]2[C@H](O)CO[C@@H]21. The summed E-state index contributed by atoms with van der Waals surface area (Å²) >= 11 is 0. The quantitative estimate of drug-likeness (QED) is 0.499. The second kappa shape index (κ2) is 5.33. The molecular formula is C14H14O8. The number of rotatable bonds is 3. The van der Waals surface area contributed by atoms with Gasteiger partial charge in [0.15, 0.2) is 6.10 Å². The number of carboxylic acids is 1. The molecule has 0 spiro atoms. The first-order chi connectivity index (χ1) is 10.4. The first kappa shape index (κ1) is 14.9. The molecule has 4 atom stereocenters. The Morgan fingerprint density at radius 1 is 1.23 bits per heavy atom. The van der Waals surface area contributed by atoms with Gasteiger partial charge in [-0.1, -0.05) is 12.1 Å². The van der Waals surface area contributed by atoms with Crippen molar-refractivity contribution < 1.29 is 39.1 Å². The molecule has 2 fully saturated rings. The molecule has 1 aromatic rings. The summed E-state index contributed by atoms with van der Waals surface area (Å²) < 4.78 is 15.4. The summed E-state index contributed by atoms with van der Waals surface area (Å²) in [6, 6.07) is 5.50. The number of aliphatic hydroxyl groups excluding tert-OH is 1. The molecule has 2 saturated heterocycles. The molecule has 0 aromatic heterocycles. The summed E-state index contributed by atoms with van der Waals surface area (Å²) in [5, 5.41) is 29.1. The van der Waals surface area contributed by atoms with Crippen molar-refractivity contribution in [2.24, 2.45) is 0 Å². The van der Waals surface area contributed by atoms with Crippen LogP contribution < -0.4 is 0 Å². The van der Waals surface area contributed by atoms with Crippen molar-refractivity contribution in [3.63, 3.8) is 0 Å². The van der Waals surface area contributed by atoms with Crippen LogP contribution in [0.1, 0.15) is 20.7 Å². The third kappa shape index (κ3) is 2.35. The molecule has 0 bridgehead atoms. The Labute approximate surface area is 124 Å². The summed E-state index contributed by atoms with van der Waals surface area (Å²) in [4.78, 5) is 23.3. The van der Waals surface area contributed by atoms with Crippen LogP contribution in [0.15, 0.2) is 24.3 Å². The zero-order valence-corrected chi connectivity index (χ0v) is 11.3. The lowest BCUT2D eigenvalue weighted by atomic mass is 10.1. The smallest absolute Gasteiger partial charge is 0.341 e. The highest BCUT2D eigenvalue weighted by Crippen LogP contribution is 2.35. The van der Waals surface area contributed by atoms with Gasteiger partial charge >= 0.3 is 11.9 Å². The molecule has 3 rings (SSSR count). The molecule has 2 heterocycles. The van der Waals surface area contributed by atoms with Gasteiger partial charge < -0.3 is 29.5 Å². The van der Waals surface area contributed by atoms with Crippen molar-refractivity contribution in [3.8, 4) is 0 Å². The Kier molecular flexibility index (Phi) is 3.61. The van der Waals surface area contributed by atoms with Gasteiger partial charge in [0.1, 0.15) is 18.8 Å². The predicted octanol–water partition coefficient (Wildman–Crippen LogP) is -0.611. The van der Waals surface area contributed by atoms with E-state index >= 15 is 0 Å². The summed E-state index contributed by atoms with van der Waals surface area (Å²) in [5.41, 5.74) is -0.427. The van der Waals surface area contributed by atoms with Crippen LogP contribution >= 0.6 is 0 Å². The van der Waals surface area contributed by atoms with E-state index in [4.69, 9.17) is 19.3 Å². The largest absolute Gasteiger partial charge is 0.478 e. The topological polar surface area (TPSA) is 123 Å². The Morgan fingerprint density at radius 3 is 2.59 bits per heavy atom. The maximum Gasteiger partial charge on any atom is 0.341 e. The molecule has 8 nitrogen and oxygen atoms in total. The minimum atomic E-state index is -2.06. The van der Waals surface area contributed by atoms with Crippen molar-refractivity contribution in [2.45, 2.75) is 24.1 Å². The number of aliphatic hydroxyl groups is 2. The zero-order chi connectivity index (χ0) is 15.9. The van der Waals surface area contributed by atoms with Crippen LogP contribution in [-0.4, -0.2) is 64.6 Å². The van der Waals surface area contributed by atoms with E-state index in [1.165, 1.54) is 24.3 Å². The third-order valence-electron chi connectivity index (χ3n) is 3.70. The molecule has 1 aromatic carbocycles. The van der Waals surface area contributed by atoms with Crippen molar-refractivity contribution in [3.05, 3.63) is 35.4 Å². The first-order valence-electron chi connectivity index (χ1n) is 6.62. The number of benzene rings is 1. The van der Waals surface area contributed by atoms with Gasteiger partial charge in [-0.05, 0) is 12.1 Å². The fraction of sp³-hybridized carbons (Fsp3) is 0.429. The lowest BCUT2D eigenvalue weighted by Gasteiger charge is -2.26. The number of hydrogen-bond donors (Lipinski definition) is 3. The van der Waals surface area contributed by atoms with Gasteiger partial charge in [0.05, 0.1) is 17.7 Å². The summed E-state index contributed by atoms with van der Waals surface area (Å²) in [5.74, 6) is -4.35. The number of esters is 1. The molecule has 0 radical (unpaired) electrons. The van der Waals surface area contributed by atoms with Crippen LogP contribution in [0.2, 0.25) is 0 Å². The second-order valence-electron chi connectivity index (χ2n) is 5.18. The minimum absolute atomic E-state index is 0.0408. The highest BCUT2D eigenvalue weighted by molar-refractivity contribution is 6.02.